The molecule has 0 aliphatic heterocycles. The third kappa shape index (κ3) is 198. The van der Waals surface area contributed by atoms with Gasteiger partial charge in [-0.3, -0.25) is 0 Å². The quantitative estimate of drug-likeness (QED) is 0.244. The molecule has 0 saturated carbocycles. The summed E-state index contributed by atoms with van der Waals surface area (Å²) in [5.74, 6) is 0. The Morgan fingerprint density at radius 3 is 1.00 bits per heavy atom. The smallest absolute Gasteiger partial charge is 0.554 e. The molecule has 0 rings (SSSR count). The van der Waals surface area contributed by atoms with Crippen LogP contribution in [0, 0.1) is 0 Å². The van der Waals surface area contributed by atoms with Crippen LogP contribution in [-0.4, -0.2) is 12.9 Å². The van der Waals surface area contributed by atoms with E-state index in [1.807, 2.05) is 0 Å². The van der Waals surface area contributed by atoms with Crippen molar-refractivity contribution in [1.29, 1.82) is 0 Å². The molecule has 8 heavy (non-hydrogen) atoms. The standard InChI is InChI=1S/2CH2O2.K.Li/c2*2-1-3;;/h2*1H,(H,2,3);;/q;;2*+1/p-2. The third-order valence-corrected chi connectivity index (χ3v) is 0. The molecule has 0 aliphatic carbocycles. The van der Waals surface area contributed by atoms with Crippen LogP contribution in [-0.2, 0) is 9.59 Å². The van der Waals surface area contributed by atoms with Crippen molar-refractivity contribution in [3.8, 4) is 0 Å². The van der Waals surface area contributed by atoms with Crippen molar-refractivity contribution in [1.82, 2.24) is 0 Å². The van der Waals surface area contributed by atoms with Crippen LogP contribution >= 0.6 is 0 Å². The van der Waals surface area contributed by atoms with E-state index in [4.69, 9.17) is 19.8 Å². The first kappa shape index (κ1) is 22.9. The maximum atomic E-state index is 8.25. The summed E-state index contributed by atoms with van der Waals surface area (Å²) in [4.78, 5) is 16.5. The van der Waals surface area contributed by atoms with Crippen LogP contribution in [0.5, 0.6) is 0 Å². The molecule has 4 nitrogen and oxygen atoms in total. The molecule has 0 spiro atoms. The second-order valence-electron chi connectivity index (χ2n) is 0.192. The Bertz CT molecular complexity index is 35.0. The van der Waals surface area contributed by atoms with E-state index in [0.29, 0.717) is 0 Å². The molecule has 6 heteroatoms. The Balaban J connectivity index is -0.0000000160. The number of carbonyl (C=O) groups is 2. The van der Waals surface area contributed by atoms with Crippen molar-refractivity contribution in [2.24, 2.45) is 0 Å². The number of hydrogen-bond donors (Lipinski definition) is 0. The normalized spacial score (nSPS) is 3.00. The molecule has 0 radical (unpaired) electrons. The van der Waals surface area contributed by atoms with Gasteiger partial charge in [-0.2, -0.15) is 0 Å². The van der Waals surface area contributed by atoms with E-state index in [9.17, 15) is 0 Å². The van der Waals surface area contributed by atoms with Crippen molar-refractivity contribution < 1.29 is 90.0 Å². The van der Waals surface area contributed by atoms with Crippen molar-refractivity contribution in [3.05, 3.63) is 0 Å². The minimum absolute atomic E-state index is 0. The zero-order valence-electron chi connectivity index (χ0n) is 4.79. The maximum absolute atomic E-state index is 8.25. The van der Waals surface area contributed by atoms with Crippen LogP contribution in [0.15, 0.2) is 0 Å². The van der Waals surface area contributed by atoms with Crippen LogP contribution in [0.4, 0.5) is 0 Å². The van der Waals surface area contributed by atoms with E-state index in [2.05, 4.69) is 0 Å². The molecule has 0 fully saturated rings. The molecule has 0 saturated heterocycles. The van der Waals surface area contributed by atoms with E-state index >= 15 is 0 Å². The zero-order chi connectivity index (χ0) is 5.41. The molecular weight excluding hydrogens is 134 g/mol. The third-order valence-electron chi connectivity index (χ3n) is 0. The van der Waals surface area contributed by atoms with Gasteiger partial charge in [0.15, 0.2) is 0 Å². The topological polar surface area (TPSA) is 80.3 Å². The van der Waals surface area contributed by atoms with Crippen molar-refractivity contribution in [2.75, 3.05) is 0 Å². The van der Waals surface area contributed by atoms with Gasteiger partial charge in [-0.15, -0.1) is 0 Å². The Morgan fingerprint density at radius 2 is 1.00 bits per heavy atom. The minimum Gasteiger partial charge on any atom is -0.554 e. The van der Waals surface area contributed by atoms with E-state index in [-0.39, 0.29) is 70.2 Å². The molecule has 36 valence electrons. The molecule has 0 bridgehead atoms. The van der Waals surface area contributed by atoms with Gasteiger partial charge in [-0.25, -0.2) is 0 Å². The summed E-state index contributed by atoms with van der Waals surface area (Å²) < 4.78 is 0. The number of hydrogen-bond acceptors (Lipinski definition) is 4. The predicted molar refractivity (Wildman–Crippen MR) is 12.1 cm³/mol. The van der Waals surface area contributed by atoms with Gasteiger partial charge in [0.25, 0.3) is 0 Å². The summed E-state index contributed by atoms with van der Waals surface area (Å²) in [5, 5.41) is 16.5. The summed E-state index contributed by atoms with van der Waals surface area (Å²) in [6, 6.07) is 0. The molecule has 0 aromatic carbocycles. The molecule has 0 unspecified atom stereocenters. The summed E-state index contributed by atoms with van der Waals surface area (Å²) in [6.45, 7) is -1.00. The van der Waals surface area contributed by atoms with Crippen LogP contribution < -0.4 is 80.5 Å². The van der Waals surface area contributed by atoms with Crippen LogP contribution in [0.3, 0.4) is 0 Å². The molecular formula is C2H2KLiO4. The van der Waals surface area contributed by atoms with E-state index in [1.165, 1.54) is 0 Å². The van der Waals surface area contributed by atoms with E-state index in [1.54, 1.807) is 0 Å². The minimum atomic E-state index is -0.500. The van der Waals surface area contributed by atoms with Gasteiger partial charge in [-0.1, -0.05) is 0 Å². The van der Waals surface area contributed by atoms with E-state index in [0.717, 1.165) is 0 Å². The monoisotopic (exact) mass is 136 g/mol. The summed E-state index contributed by atoms with van der Waals surface area (Å²) in [7, 11) is 0. The zero-order valence-corrected chi connectivity index (χ0v) is 7.91. The molecule has 0 aromatic heterocycles. The fourth-order valence-electron chi connectivity index (χ4n) is 0. The van der Waals surface area contributed by atoms with Gasteiger partial charge in [-0.05, 0) is 0 Å². The van der Waals surface area contributed by atoms with Gasteiger partial charge in [0.2, 0.25) is 0 Å². The first-order chi connectivity index (χ1) is 2.83. The molecule has 0 atom stereocenters. The fraction of sp³-hybridized carbons (Fsp3) is 0. The number of carboxylic acid groups (broad SMARTS) is 2. The Hall–Kier alpha value is 1.17. The SMILES string of the molecule is O=C[O-].O=C[O-].[K+].[Li+]. The average Bonchev–Trinajstić information content (AvgIpc) is 1.39. The largest absolute Gasteiger partial charge is 1.00 e. The summed E-state index contributed by atoms with van der Waals surface area (Å²) in [5.41, 5.74) is 0. The van der Waals surface area contributed by atoms with Gasteiger partial charge >= 0.3 is 70.2 Å². The second kappa shape index (κ2) is 41.8. The van der Waals surface area contributed by atoms with Gasteiger partial charge < -0.3 is 19.8 Å². The first-order valence-electron chi connectivity index (χ1n) is 0.943. The van der Waals surface area contributed by atoms with Crippen molar-refractivity contribution in [3.63, 3.8) is 0 Å². The number of carbonyl (C=O) groups excluding carboxylic acids is 2. The van der Waals surface area contributed by atoms with Gasteiger partial charge in [0.05, 0.1) is 0 Å². The summed E-state index contributed by atoms with van der Waals surface area (Å²) >= 11 is 0. The predicted octanol–water partition coefficient (Wildman–Crippen LogP) is -9.26. The Kier molecular flexibility index (Phi) is 120. The van der Waals surface area contributed by atoms with Gasteiger partial charge in [0, 0.05) is 12.9 Å². The molecule has 0 aliphatic rings. The number of rotatable bonds is 0. The van der Waals surface area contributed by atoms with Crippen LogP contribution in [0.25, 0.3) is 0 Å². The maximum Gasteiger partial charge on any atom is 1.00 e. The second-order valence-corrected chi connectivity index (χ2v) is 0.192. The molecule has 0 heterocycles. The fourth-order valence-corrected chi connectivity index (χ4v) is 0. The van der Waals surface area contributed by atoms with Crippen LogP contribution in [0.1, 0.15) is 0 Å². The average molecular weight is 136 g/mol. The Morgan fingerprint density at radius 1 is 1.00 bits per heavy atom. The van der Waals surface area contributed by atoms with E-state index < -0.39 is 12.9 Å². The van der Waals surface area contributed by atoms with Crippen LogP contribution in [0.2, 0.25) is 0 Å². The molecule has 0 amide bonds. The van der Waals surface area contributed by atoms with Gasteiger partial charge in [0.1, 0.15) is 0 Å². The van der Waals surface area contributed by atoms with Crippen molar-refractivity contribution in [2.45, 2.75) is 0 Å². The molecule has 0 N–H and O–H groups in total. The summed E-state index contributed by atoms with van der Waals surface area (Å²) in [6.07, 6.45) is 0. The molecule has 0 aromatic rings. The Labute approximate surface area is 101 Å². The first-order valence-corrected chi connectivity index (χ1v) is 0.943. The van der Waals surface area contributed by atoms with Crippen molar-refractivity contribution >= 4 is 12.9 Å².